The van der Waals surface area contributed by atoms with Crippen LogP contribution in [0.5, 0.6) is 0 Å². The summed E-state index contributed by atoms with van der Waals surface area (Å²) < 4.78 is 143. The van der Waals surface area contributed by atoms with Gasteiger partial charge in [0.2, 0.25) is 17.0 Å². The summed E-state index contributed by atoms with van der Waals surface area (Å²) >= 11 is 0. The highest BCUT2D eigenvalue weighted by Gasteiger charge is 2.72. The van der Waals surface area contributed by atoms with Crippen LogP contribution in [0.25, 0.3) is 0 Å². The van der Waals surface area contributed by atoms with Gasteiger partial charge in [0.25, 0.3) is 0 Å². The summed E-state index contributed by atoms with van der Waals surface area (Å²) in [6, 6.07) is 7.87. The number of benzene rings is 3. The van der Waals surface area contributed by atoms with E-state index < -0.39 is 69.9 Å². The third-order valence-electron chi connectivity index (χ3n) is 6.61. The lowest BCUT2D eigenvalue weighted by molar-refractivity contribution is -0.288. The third kappa shape index (κ3) is 5.66. The van der Waals surface area contributed by atoms with E-state index in [1.54, 1.807) is 0 Å². The second-order valence-corrected chi connectivity index (χ2v) is 9.15. The quantitative estimate of drug-likeness (QED) is 0.259. The molecule has 0 radical (unpaired) electrons. The molecule has 3 aromatic carbocycles. The molecule has 1 N–H and O–H groups in total. The molecule has 0 aliphatic carbocycles. The predicted octanol–water partition coefficient (Wildman–Crippen LogP) is 7.72. The van der Waals surface area contributed by atoms with Gasteiger partial charge in [-0.15, -0.1) is 0 Å². The van der Waals surface area contributed by atoms with Crippen molar-refractivity contribution in [3.63, 3.8) is 0 Å². The number of rotatable bonds is 9. The Labute approximate surface area is 227 Å². The molecule has 13 heteroatoms. The van der Waals surface area contributed by atoms with Crippen molar-refractivity contribution in [3.05, 3.63) is 101 Å². The van der Waals surface area contributed by atoms with Gasteiger partial charge in [-0.25, -0.2) is 0 Å². The molecule has 41 heavy (non-hydrogen) atoms. The van der Waals surface area contributed by atoms with Gasteiger partial charge in [-0.05, 0) is 28.8 Å². The maximum absolute atomic E-state index is 14.8. The summed E-state index contributed by atoms with van der Waals surface area (Å²) in [5.41, 5.74) is -8.80. The van der Waals surface area contributed by atoms with Crippen LogP contribution < -0.4 is 5.32 Å². The smallest absolute Gasteiger partial charge is 0.388 e. The summed E-state index contributed by atoms with van der Waals surface area (Å²) in [7, 11) is 1.42. The maximum atomic E-state index is 14.8. The molecule has 0 aliphatic rings. The van der Waals surface area contributed by atoms with Gasteiger partial charge >= 0.3 is 24.2 Å². The van der Waals surface area contributed by atoms with Gasteiger partial charge in [0.05, 0.1) is 0 Å². The number of ketones is 2. The van der Waals surface area contributed by atoms with Crippen LogP contribution in [0.1, 0.15) is 34.7 Å². The van der Waals surface area contributed by atoms with E-state index in [1.165, 1.54) is 7.05 Å². The molecule has 0 atom stereocenters. The van der Waals surface area contributed by atoms with Crippen LogP contribution in [0.15, 0.2) is 72.8 Å². The molecule has 0 bridgehead atoms. The van der Waals surface area contributed by atoms with E-state index in [0.717, 1.165) is 12.1 Å². The molecule has 0 aromatic heterocycles. The molecule has 0 heterocycles. The van der Waals surface area contributed by atoms with Gasteiger partial charge < -0.3 is 5.32 Å². The molecule has 3 rings (SSSR count). The highest BCUT2D eigenvalue weighted by atomic mass is 19.4. The number of carbonyl (C=O) groups excluding carboxylic acids is 2. The summed E-state index contributed by atoms with van der Waals surface area (Å²) in [5, 5.41) is 2.58. The average molecular weight is 593 g/mol. The number of hydrogen-bond acceptors (Lipinski definition) is 3. The van der Waals surface area contributed by atoms with Crippen molar-refractivity contribution in [2.45, 2.75) is 43.0 Å². The Bertz CT molecular complexity index is 1380. The van der Waals surface area contributed by atoms with Crippen molar-refractivity contribution in [2.75, 3.05) is 12.4 Å². The van der Waals surface area contributed by atoms with Crippen molar-refractivity contribution >= 4 is 17.3 Å². The molecular formula is C28H21F10NO2. The third-order valence-corrected chi connectivity index (χ3v) is 6.61. The fourth-order valence-corrected chi connectivity index (χ4v) is 4.29. The Hall–Kier alpha value is -3.90. The molecule has 0 saturated heterocycles. The first kappa shape index (κ1) is 31.6. The van der Waals surface area contributed by atoms with Crippen LogP contribution in [-0.2, 0) is 33.3 Å². The monoisotopic (exact) mass is 593 g/mol. The molecule has 3 nitrogen and oxygen atoms in total. The molecule has 0 aliphatic heterocycles. The predicted molar refractivity (Wildman–Crippen MR) is 129 cm³/mol. The normalized spacial score (nSPS) is 13.2. The molecule has 0 unspecified atom stereocenters. The number of anilines is 1. The molecule has 0 fully saturated rings. The van der Waals surface area contributed by atoms with E-state index in [9.17, 15) is 53.5 Å². The summed E-state index contributed by atoms with van der Waals surface area (Å²) in [4.78, 5) is 23.5. The molecule has 0 amide bonds. The van der Waals surface area contributed by atoms with Crippen LogP contribution in [0.2, 0.25) is 0 Å². The van der Waals surface area contributed by atoms with Gasteiger partial charge in [-0.1, -0.05) is 60.7 Å². The Morgan fingerprint density at radius 2 is 0.951 bits per heavy atom. The Morgan fingerprint density at radius 3 is 1.32 bits per heavy atom. The van der Waals surface area contributed by atoms with E-state index >= 15 is 0 Å². The van der Waals surface area contributed by atoms with Crippen molar-refractivity contribution in [1.29, 1.82) is 0 Å². The zero-order valence-electron chi connectivity index (χ0n) is 21.2. The SMILES string of the molecule is CNc1ccc(C(c2ccc(CC(=O)C(F)(F)c3ccc(C(F)(F)C(C)=O)cc3)cc2)(C(F)(F)F)C(F)(F)F)cc1. The van der Waals surface area contributed by atoms with Gasteiger partial charge in [0.1, 0.15) is 0 Å². The number of halogens is 10. The lowest BCUT2D eigenvalue weighted by Gasteiger charge is -2.38. The van der Waals surface area contributed by atoms with Crippen molar-refractivity contribution in [3.8, 4) is 0 Å². The lowest BCUT2D eigenvalue weighted by atomic mass is 9.72. The van der Waals surface area contributed by atoms with E-state index in [4.69, 9.17) is 0 Å². The fourth-order valence-electron chi connectivity index (χ4n) is 4.29. The molecule has 0 spiro atoms. The summed E-state index contributed by atoms with van der Waals surface area (Å²) in [5.74, 6) is -11.5. The maximum Gasteiger partial charge on any atom is 0.411 e. The molecular weight excluding hydrogens is 572 g/mol. The Kier molecular flexibility index (Phi) is 8.35. The second kappa shape index (κ2) is 10.8. The number of alkyl halides is 10. The first-order valence-electron chi connectivity index (χ1n) is 11.7. The van der Waals surface area contributed by atoms with E-state index in [0.29, 0.717) is 67.6 Å². The number of carbonyl (C=O) groups is 2. The highest BCUT2D eigenvalue weighted by Crippen LogP contribution is 2.56. The van der Waals surface area contributed by atoms with Crippen molar-refractivity contribution in [1.82, 2.24) is 0 Å². The zero-order valence-corrected chi connectivity index (χ0v) is 21.2. The minimum atomic E-state index is -5.87. The molecule has 220 valence electrons. The number of nitrogens with one attached hydrogen (secondary N) is 1. The van der Waals surface area contributed by atoms with Crippen molar-refractivity contribution in [2.24, 2.45) is 0 Å². The van der Waals surface area contributed by atoms with Crippen LogP contribution in [0, 0.1) is 0 Å². The lowest BCUT2D eigenvalue weighted by Crippen LogP contribution is -2.54. The zero-order chi connectivity index (χ0) is 31.0. The van der Waals surface area contributed by atoms with Gasteiger partial charge in [0, 0.05) is 37.2 Å². The standard InChI is InChI=1S/C28H21F10NO2/c1-16(40)25(29,30)20-7-9-21(10-8-20)26(31,32)23(41)15-17-3-5-18(6-4-17)24(27(33,34)35,28(36,37)38)19-11-13-22(39-2)14-12-19/h3-14,39H,15H2,1-2H3. The number of Topliss-reactive ketones (excluding diaryl/α,β-unsaturated/α-hetero) is 2. The van der Waals surface area contributed by atoms with E-state index in [2.05, 4.69) is 5.32 Å². The first-order valence-corrected chi connectivity index (χ1v) is 11.7. The second-order valence-electron chi connectivity index (χ2n) is 9.15. The van der Waals surface area contributed by atoms with Crippen LogP contribution in [-0.4, -0.2) is 31.0 Å². The van der Waals surface area contributed by atoms with E-state index in [-0.39, 0.29) is 11.3 Å². The topological polar surface area (TPSA) is 46.2 Å². The number of hydrogen-bond donors (Lipinski definition) is 1. The van der Waals surface area contributed by atoms with Crippen LogP contribution >= 0.6 is 0 Å². The molecule has 0 saturated carbocycles. The average Bonchev–Trinajstić information content (AvgIpc) is 2.88. The largest absolute Gasteiger partial charge is 0.411 e. The van der Waals surface area contributed by atoms with Gasteiger partial charge in [-0.3, -0.25) is 9.59 Å². The minimum Gasteiger partial charge on any atom is -0.388 e. The van der Waals surface area contributed by atoms with Crippen molar-refractivity contribution < 1.29 is 53.5 Å². The highest BCUT2D eigenvalue weighted by molar-refractivity contribution is 5.89. The Morgan fingerprint density at radius 1 is 0.585 bits per heavy atom. The van der Waals surface area contributed by atoms with Crippen LogP contribution in [0.4, 0.5) is 49.6 Å². The molecule has 3 aromatic rings. The van der Waals surface area contributed by atoms with Crippen LogP contribution in [0.3, 0.4) is 0 Å². The first-order chi connectivity index (χ1) is 18.8. The van der Waals surface area contributed by atoms with Gasteiger partial charge in [-0.2, -0.15) is 43.9 Å². The summed E-state index contributed by atoms with van der Waals surface area (Å²) in [6.45, 7) is 0.601. The minimum absolute atomic E-state index is 0.254. The summed E-state index contributed by atoms with van der Waals surface area (Å²) in [6.07, 6.45) is -12.8. The van der Waals surface area contributed by atoms with E-state index in [1.807, 2.05) is 0 Å². The fraction of sp³-hybridized carbons (Fsp3) is 0.286. The Balaban J connectivity index is 1.95. The van der Waals surface area contributed by atoms with Gasteiger partial charge in [0.15, 0.2) is 0 Å².